The van der Waals surface area contributed by atoms with Crippen molar-refractivity contribution in [3.05, 3.63) is 35.4 Å². The molecule has 128 valence electrons. The van der Waals surface area contributed by atoms with E-state index in [0.29, 0.717) is 12.5 Å². The number of nitrogens with one attached hydrogen (secondary N) is 2. The lowest BCUT2D eigenvalue weighted by molar-refractivity contribution is 0.120. The average molecular weight is 325 g/mol. The molecule has 23 heavy (non-hydrogen) atoms. The summed E-state index contributed by atoms with van der Waals surface area (Å²) in [4.78, 5) is 4.40. The standard InChI is InChI=1S/C17H25F2N3O/c1-2-20-17(22-12-6-8-13(23)9-7-12)21-11-10-14-15(18)4-3-5-16(14)19/h3-5,12-13,23H,2,6-11H2,1H3,(H2,20,21,22). The lowest BCUT2D eigenvalue weighted by atomic mass is 9.93. The van der Waals surface area contributed by atoms with Crippen molar-refractivity contribution in [1.29, 1.82) is 0 Å². The fourth-order valence-electron chi connectivity index (χ4n) is 2.78. The van der Waals surface area contributed by atoms with Crippen molar-refractivity contribution < 1.29 is 13.9 Å². The van der Waals surface area contributed by atoms with Gasteiger partial charge < -0.3 is 15.7 Å². The zero-order valence-corrected chi connectivity index (χ0v) is 13.5. The molecular formula is C17H25F2N3O. The molecule has 0 radical (unpaired) electrons. The molecule has 1 aliphatic rings. The fraction of sp³-hybridized carbons (Fsp3) is 0.588. The normalized spacial score (nSPS) is 22.0. The van der Waals surface area contributed by atoms with Crippen molar-refractivity contribution in [2.24, 2.45) is 4.99 Å². The maximum atomic E-state index is 13.6. The Bertz CT molecular complexity index is 508. The van der Waals surface area contributed by atoms with Gasteiger partial charge in [0, 0.05) is 24.7 Å². The van der Waals surface area contributed by atoms with E-state index in [9.17, 15) is 13.9 Å². The Morgan fingerprint density at radius 1 is 1.22 bits per heavy atom. The molecule has 0 aromatic heterocycles. The Labute approximate surface area is 136 Å². The van der Waals surface area contributed by atoms with E-state index in [0.717, 1.165) is 32.2 Å². The molecule has 4 nitrogen and oxygen atoms in total. The molecule has 1 fully saturated rings. The number of aliphatic hydroxyl groups excluding tert-OH is 1. The van der Waals surface area contributed by atoms with E-state index in [1.165, 1.54) is 18.2 Å². The third-order valence-corrected chi connectivity index (χ3v) is 4.08. The van der Waals surface area contributed by atoms with Crippen molar-refractivity contribution in [1.82, 2.24) is 10.6 Å². The van der Waals surface area contributed by atoms with Gasteiger partial charge in [0.1, 0.15) is 11.6 Å². The van der Waals surface area contributed by atoms with Gasteiger partial charge in [0.15, 0.2) is 5.96 Å². The third-order valence-electron chi connectivity index (χ3n) is 4.08. The van der Waals surface area contributed by atoms with E-state index in [4.69, 9.17) is 0 Å². The number of hydrogen-bond acceptors (Lipinski definition) is 2. The molecule has 6 heteroatoms. The molecule has 0 aliphatic heterocycles. The van der Waals surface area contributed by atoms with Crippen LogP contribution in [0.5, 0.6) is 0 Å². The number of benzene rings is 1. The molecule has 0 spiro atoms. The van der Waals surface area contributed by atoms with Crippen LogP contribution >= 0.6 is 0 Å². The minimum absolute atomic E-state index is 0.0767. The molecule has 3 N–H and O–H groups in total. The molecule has 1 aliphatic carbocycles. The SMILES string of the molecule is CCNC(=NCCc1c(F)cccc1F)NC1CCC(O)CC1. The Morgan fingerprint density at radius 2 is 1.87 bits per heavy atom. The Balaban J connectivity index is 1.91. The summed E-state index contributed by atoms with van der Waals surface area (Å²) in [6.07, 6.45) is 3.39. The molecule has 0 amide bonds. The van der Waals surface area contributed by atoms with E-state index < -0.39 is 11.6 Å². The highest BCUT2D eigenvalue weighted by Crippen LogP contribution is 2.18. The maximum absolute atomic E-state index is 13.6. The number of rotatable bonds is 5. The summed E-state index contributed by atoms with van der Waals surface area (Å²) in [6.45, 7) is 3.00. The highest BCUT2D eigenvalue weighted by atomic mass is 19.1. The van der Waals surface area contributed by atoms with Crippen molar-refractivity contribution >= 4 is 5.96 Å². The predicted octanol–water partition coefficient (Wildman–Crippen LogP) is 2.37. The Hall–Kier alpha value is -1.69. The van der Waals surface area contributed by atoms with Crippen LogP contribution in [-0.4, -0.2) is 36.3 Å². The van der Waals surface area contributed by atoms with Gasteiger partial charge in [-0.1, -0.05) is 6.07 Å². The van der Waals surface area contributed by atoms with Crippen molar-refractivity contribution in [2.75, 3.05) is 13.1 Å². The zero-order valence-electron chi connectivity index (χ0n) is 13.5. The van der Waals surface area contributed by atoms with Crippen molar-refractivity contribution in [3.8, 4) is 0 Å². The lowest BCUT2D eigenvalue weighted by Crippen LogP contribution is -2.45. The zero-order chi connectivity index (χ0) is 16.7. The largest absolute Gasteiger partial charge is 0.393 e. The van der Waals surface area contributed by atoms with Gasteiger partial charge in [-0.25, -0.2) is 8.78 Å². The van der Waals surface area contributed by atoms with Crippen LogP contribution in [0.25, 0.3) is 0 Å². The predicted molar refractivity (Wildman–Crippen MR) is 87.4 cm³/mol. The van der Waals surface area contributed by atoms with Gasteiger partial charge >= 0.3 is 0 Å². The van der Waals surface area contributed by atoms with Crippen LogP contribution in [0.1, 0.15) is 38.2 Å². The number of hydrogen-bond donors (Lipinski definition) is 3. The van der Waals surface area contributed by atoms with Crippen LogP contribution in [0.15, 0.2) is 23.2 Å². The average Bonchev–Trinajstić information content (AvgIpc) is 2.52. The van der Waals surface area contributed by atoms with Crippen molar-refractivity contribution in [2.45, 2.75) is 51.2 Å². The van der Waals surface area contributed by atoms with E-state index >= 15 is 0 Å². The molecule has 1 aromatic carbocycles. The van der Waals surface area contributed by atoms with Crippen LogP contribution < -0.4 is 10.6 Å². The van der Waals surface area contributed by atoms with Crippen LogP contribution in [0.4, 0.5) is 8.78 Å². The van der Waals surface area contributed by atoms with Gasteiger partial charge in [-0.15, -0.1) is 0 Å². The highest BCUT2D eigenvalue weighted by Gasteiger charge is 2.20. The molecule has 1 aromatic rings. The molecule has 1 saturated carbocycles. The van der Waals surface area contributed by atoms with Crippen LogP contribution in [-0.2, 0) is 6.42 Å². The second-order valence-electron chi connectivity index (χ2n) is 5.86. The van der Waals surface area contributed by atoms with Crippen molar-refractivity contribution in [3.63, 3.8) is 0 Å². The Kier molecular flexibility index (Phi) is 6.77. The minimum atomic E-state index is -0.528. The summed E-state index contributed by atoms with van der Waals surface area (Å²) < 4.78 is 27.2. The maximum Gasteiger partial charge on any atom is 0.191 e. The molecule has 0 unspecified atom stereocenters. The molecule has 0 saturated heterocycles. The van der Waals surface area contributed by atoms with Gasteiger partial charge in [0.05, 0.1) is 6.10 Å². The summed E-state index contributed by atoms with van der Waals surface area (Å²) in [7, 11) is 0. The smallest absolute Gasteiger partial charge is 0.191 e. The number of halogens is 2. The first-order valence-corrected chi connectivity index (χ1v) is 8.26. The van der Waals surface area contributed by atoms with Gasteiger partial charge in [0.2, 0.25) is 0 Å². The monoisotopic (exact) mass is 325 g/mol. The molecule has 2 rings (SSSR count). The number of aliphatic imine (C=N–C) groups is 1. The molecule has 0 heterocycles. The summed E-state index contributed by atoms with van der Waals surface area (Å²) in [6, 6.07) is 4.17. The van der Waals surface area contributed by atoms with Crippen LogP contribution in [0.3, 0.4) is 0 Å². The summed E-state index contributed by atoms with van der Waals surface area (Å²) >= 11 is 0. The summed E-state index contributed by atoms with van der Waals surface area (Å²) in [5.41, 5.74) is 0.0767. The lowest BCUT2D eigenvalue weighted by Gasteiger charge is -2.27. The van der Waals surface area contributed by atoms with Gasteiger partial charge in [0.25, 0.3) is 0 Å². The van der Waals surface area contributed by atoms with Gasteiger partial charge in [-0.2, -0.15) is 0 Å². The summed E-state index contributed by atoms with van der Waals surface area (Å²) in [5, 5.41) is 16.0. The summed E-state index contributed by atoms with van der Waals surface area (Å²) in [5.74, 6) is -0.399. The molecule has 0 bridgehead atoms. The number of guanidine groups is 1. The van der Waals surface area contributed by atoms with E-state index in [-0.39, 0.29) is 24.1 Å². The first-order valence-electron chi connectivity index (χ1n) is 8.26. The molecule has 0 atom stereocenters. The number of aliphatic hydroxyl groups is 1. The first-order chi connectivity index (χ1) is 11.1. The Morgan fingerprint density at radius 3 is 2.48 bits per heavy atom. The van der Waals surface area contributed by atoms with Gasteiger partial charge in [-0.3, -0.25) is 4.99 Å². The second kappa shape index (κ2) is 8.82. The third kappa shape index (κ3) is 5.46. The van der Waals surface area contributed by atoms with Crippen LogP contribution in [0.2, 0.25) is 0 Å². The van der Waals surface area contributed by atoms with E-state index in [1.807, 2.05) is 6.92 Å². The molecular weight excluding hydrogens is 300 g/mol. The highest BCUT2D eigenvalue weighted by molar-refractivity contribution is 5.80. The van der Waals surface area contributed by atoms with E-state index in [1.54, 1.807) is 0 Å². The number of nitrogens with zero attached hydrogens (tertiary/aromatic N) is 1. The van der Waals surface area contributed by atoms with E-state index in [2.05, 4.69) is 15.6 Å². The van der Waals surface area contributed by atoms with Crippen LogP contribution in [0, 0.1) is 11.6 Å². The second-order valence-corrected chi connectivity index (χ2v) is 5.86. The quantitative estimate of drug-likeness (QED) is 0.575. The first kappa shape index (κ1) is 17.7. The topological polar surface area (TPSA) is 56.7 Å². The minimum Gasteiger partial charge on any atom is -0.393 e. The van der Waals surface area contributed by atoms with Gasteiger partial charge in [-0.05, 0) is 51.2 Å². The fourth-order valence-corrected chi connectivity index (χ4v) is 2.78.